The third-order valence-electron chi connectivity index (χ3n) is 6.17. The van der Waals surface area contributed by atoms with E-state index in [-0.39, 0.29) is 28.0 Å². The van der Waals surface area contributed by atoms with Crippen LogP contribution in [0.15, 0.2) is 0 Å². The topological polar surface area (TPSA) is 36.9 Å². The SMILES string of the molecule is CC(C)OC(C)(C)CC(C)(S)CC(C)(C)OC(C)(C)CC(C)(S)OC(C)(C)CC(C)(C)CC(C)(S)OC(C)C. The third kappa shape index (κ3) is 18.9. The summed E-state index contributed by atoms with van der Waals surface area (Å²) in [5, 5.41) is 0. The van der Waals surface area contributed by atoms with Gasteiger partial charge in [-0.3, -0.25) is 0 Å². The number of ether oxygens (including phenoxy) is 4. The van der Waals surface area contributed by atoms with Crippen molar-refractivity contribution < 1.29 is 18.9 Å². The minimum atomic E-state index is -0.685. The molecule has 236 valence electrons. The Kier molecular flexibility index (Phi) is 14.0. The molecule has 0 saturated carbocycles. The van der Waals surface area contributed by atoms with Crippen LogP contribution in [-0.4, -0.2) is 49.2 Å². The van der Waals surface area contributed by atoms with E-state index < -0.39 is 26.7 Å². The van der Waals surface area contributed by atoms with Crippen LogP contribution in [0.5, 0.6) is 0 Å². The highest BCUT2D eigenvalue weighted by molar-refractivity contribution is 7.82. The van der Waals surface area contributed by atoms with Gasteiger partial charge in [-0.2, -0.15) is 12.6 Å². The molecule has 3 unspecified atom stereocenters. The van der Waals surface area contributed by atoms with E-state index in [0.29, 0.717) is 6.42 Å². The molecule has 0 amide bonds. The molecule has 0 heterocycles. The van der Waals surface area contributed by atoms with E-state index in [0.717, 1.165) is 25.7 Å². The minimum absolute atomic E-state index is 0.0448. The van der Waals surface area contributed by atoms with Gasteiger partial charge in [0.05, 0.1) is 34.6 Å². The van der Waals surface area contributed by atoms with Crippen molar-refractivity contribution in [1.82, 2.24) is 0 Å². The summed E-state index contributed by atoms with van der Waals surface area (Å²) >= 11 is 14.9. The first-order valence-corrected chi connectivity index (χ1v) is 16.1. The van der Waals surface area contributed by atoms with Gasteiger partial charge < -0.3 is 18.9 Å². The van der Waals surface area contributed by atoms with Crippen LogP contribution in [-0.2, 0) is 18.9 Å². The zero-order valence-electron chi connectivity index (χ0n) is 28.7. The Balaban J connectivity index is 5.37. The van der Waals surface area contributed by atoms with Crippen LogP contribution in [0.4, 0.5) is 0 Å². The summed E-state index contributed by atoms with van der Waals surface area (Å²) in [7, 11) is 0. The van der Waals surface area contributed by atoms with Crippen molar-refractivity contribution in [2.45, 2.75) is 199 Å². The fraction of sp³-hybridized carbons (Fsp3) is 1.00. The van der Waals surface area contributed by atoms with E-state index in [1.807, 2.05) is 27.7 Å². The van der Waals surface area contributed by atoms with Crippen molar-refractivity contribution in [3.8, 4) is 0 Å². The van der Waals surface area contributed by atoms with Crippen LogP contribution < -0.4 is 0 Å². The lowest BCUT2D eigenvalue weighted by Crippen LogP contribution is -2.48. The van der Waals surface area contributed by atoms with Gasteiger partial charge in [0.1, 0.15) is 9.87 Å². The van der Waals surface area contributed by atoms with Crippen LogP contribution in [0.1, 0.15) is 150 Å². The van der Waals surface area contributed by atoms with E-state index in [1.165, 1.54) is 0 Å². The van der Waals surface area contributed by atoms with Gasteiger partial charge in [-0.15, -0.1) is 25.3 Å². The van der Waals surface area contributed by atoms with Crippen LogP contribution >= 0.6 is 37.9 Å². The fourth-order valence-electron chi connectivity index (χ4n) is 7.51. The summed E-state index contributed by atoms with van der Waals surface area (Å²) < 4.78 is 25.4. The smallest absolute Gasteiger partial charge is 0.111 e. The molecule has 0 aromatic heterocycles. The molecule has 0 aliphatic heterocycles. The number of thiol groups is 3. The highest BCUT2D eigenvalue weighted by Crippen LogP contribution is 2.44. The summed E-state index contributed by atoms with van der Waals surface area (Å²) in [4.78, 5) is -1.19. The zero-order chi connectivity index (χ0) is 31.5. The molecule has 3 atom stereocenters. The van der Waals surface area contributed by atoms with Crippen molar-refractivity contribution in [2.75, 3.05) is 0 Å². The summed E-state index contributed by atoms with van der Waals surface area (Å²) in [6, 6.07) is 0. The van der Waals surface area contributed by atoms with Crippen LogP contribution in [0.25, 0.3) is 0 Å². The van der Waals surface area contributed by atoms with Crippen LogP contribution in [0, 0.1) is 5.41 Å². The lowest BCUT2D eigenvalue weighted by Gasteiger charge is -2.46. The van der Waals surface area contributed by atoms with E-state index in [1.54, 1.807) is 0 Å². The van der Waals surface area contributed by atoms with E-state index in [2.05, 4.69) is 90.0 Å². The van der Waals surface area contributed by atoms with Gasteiger partial charge in [-0.1, -0.05) is 20.8 Å². The second kappa shape index (κ2) is 13.7. The number of hydrogen-bond acceptors (Lipinski definition) is 7. The van der Waals surface area contributed by atoms with Crippen molar-refractivity contribution in [3.63, 3.8) is 0 Å². The molecule has 0 aromatic rings. The Bertz CT molecular complexity index is 689. The fourth-order valence-corrected chi connectivity index (χ4v) is 9.53. The predicted octanol–water partition coefficient (Wildman–Crippen LogP) is 9.94. The Morgan fingerprint density at radius 1 is 0.436 bits per heavy atom. The maximum atomic E-state index is 6.77. The van der Waals surface area contributed by atoms with Gasteiger partial charge in [0.25, 0.3) is 0 Å². The van der Waals surface area contributed by atoms with Gasteiger partial charge in [0, 0.05) is 11.2 Å². The molecule has 0 aliphatic rings. The molecular weight excluding hydrogens is 545 g/mol. The minimum Gasteiger partial charge on any atom is -0.373 e. The Hall–Kier alpha value is 0.890. The molecule has 4 nitrogen and oxygen atoms in total. The third-order valence-corrected chi connectivity index (χ3v) is 7.00. The van der Waals surface area contributed by atoms with Crippen LogP contribution in [0.3, 0.4) is 0 Å². The average Bonchev–Trinajstić information content (AvgIpc) is 2.40. The van der Waals surface area contributed by atoms with E-state index >= 15 is 0 Å². The highest BCUT2D eigenvalue weighted by Gasteiger charge is 2.43. The molecule has 7 heteroatoms. The van der Waals surface area contributed by atoms with E-state index in [4.69, 9.17) is 56.8 Å². The molecule has 0 rings (SSSR count). The largest absolute Gasteiger partial charge is 0.373 e. The summed E-state index contributed by atoms with van der Waals surface area (Å²) in [5.74, 6) is 0. The van der Waals surface area contributed by atoms with Gasteiger partial charge in [-0.05, 0) is 128 Å². The average molecular weight is 611 g/mol. The molecule has 0 aliphatic carbocycles. The summed E-state index contributed by atoms with van der Waals surface area (Å²) in [5.41, 5.74) is -1.58. The zero-order valence-corrected chi connectivity index (χ0v) is 31.3. The van der Waals surface area contributed by atoms with Crippen molar-refractivity contribution >= 4 is 37.9 Å². The normalized spacial score (nSPS) is 19.2. The molecule has 0 aromatic carbocycles. The molecule has 0 saturated heterocycles. The van der Waals surface area contributed by atoms with Gasteiger partial charge in [0.2, 0.25) is 0 Å². The summed E-state index contributed by atoms with van der Waals surface area (Å²) in [6.07, 6.45) is 4.17. The van der Waals surface area contributed by atoms with Gasteiger partial charge >= 0.3 is 0 Å². The maximum absolute atomic E-state index is 6.77. The molecule has 39 heavy (non-hydrogen) atoms. The number of hydrogen-bond donors (Lipinski definition) is 3. The monoisotopic (exact) mass is 610 g/mol. The number of rotatable bonds is 18. The molecule has 0 fully saturated rings. The Morgan fingerprint density at radius 2 is 0.821 bits per heavy atom. The predicted molar refractivity (Wildman–Crippen MR) is 180 cm³/mol. The van der Waals surface area contributed by atoms with Crippen molar-refractivity contribution in [3.05, 3.63) is 0 Å². The molecular formula is C32H66O4S3. The molecule has 0 bridgehead atoms. The lowest BCUT2D eigenvalue weighted by molar-refractivity contribution is -0.172. The second-order valence-corrected chi connectivity index (χ2v) is 19.4. The van der Waals surface area contributed by atoms with Gasteiger partial charge in [0.15, 0.2) is 0 Å². The quantitative estimate of drug-likeness (QED) is 0.107. The molecule has 0 spiro atoms. The highest BCUT2D eigenvalue weighted by atomic mass is 32.1. The Morgan fingerprint density at radius 3 is 1.26 bits per heavy atom. The molecule has 0 radical (unpaired) electrons. The first-order chi connectivity index (χ1) is 16.8. The standard InChI is InChI=1S/C32H66O4S3/c1-23(2)33-26(7,8)20-30(15,37)21-28(11,12)35-29(13,14)22-32(17,39)36-27(9,10)18-25(5,6)19-31(16,38)34-24(3)4/h23-24,37-39H,18-22H2,1-17H3. The summed E-state index contributed by atoms with van der Waals surface area (Å²) in [6.45, 7) is 36.1. The first kappa shape index (κ1) is 39.9. The maximum Gasteiger partial charge on any atom is 0.111 e. The van der Waals surface area contributed by atoms with Crippen molar-refractivity contribution in [1.29, 1.82) is 0 Å². The van der Waals surface area contributed by atoms with Crippen LogP contribution in [0.2, 0.25) is 0 Å². The van der Waals surface area contributed by atoms with Gasteiger partial charge in [-0.25, -0.2) is 0 Å². The Labute approximate surface area is 260 Å². The van der Waals surface area contributed by atoms with E-state index in [9.17, 15) is 0 Å². The lowest BCUT2D eigenvalue weighted by atomic mass is 9.77. The van der Waals surface area contributed by atoms with Crippen molar-refractivity contribution in [2.24, 2.45) is 5.41 Å². The first-order valence-electron chi connectivity index (χ1n) is 14.7. The molecule has 0 N–H and O–H groups in total. The second-order valence-electron chi connectivity index (χ2n) is 16.5.